The van der Waals surface area contributed by atoms with Crippen molar-refractivity contribution in [2.24, 2.45) is 0 Å². The molecule has 1 aromatic carbocycles. The first kappa shape index (κ1) is 21.9. The molecule has 1 amide bonds. The number of hydrogen-bond donors (Lipinski definition) is 3. The molecular formula is C23H30N4O3. The van der Waals surface area contributed by atoms with E-state index in [1.54, 1.807) is 45.0 Å². The van der Waals surface area contributed by atoms with E-state index < -0.39 is 16.7 Å². The first-order valence-electron chi connectivity index (χ1n) is 10.00. The molecule has 0 bridgehead atoms. The average molecular weight is 411 g/mol. The van der Waals surface area contributed by atoms with Gasteiger partial charge < -0.3 is 10.2 Å². The first-order valence-corrected chi connectivity index (χ1v) is 10.00. The maximum absolute atomic E-state index is 12.8. The van der Waals surface area contributed by atoms with E-state index in [-0.39, 0.29) is 12.3 Å². The van der Waals surface area contributed by atoms with Gasteiger partial charge >= 0.3 is 0 Å². The number of pyridine rings is 1. The van der Waals surface area contributed by atoms with Crippen molar-refractivity contribution in [2.75, 3.05) is 5.32 Å². The van der Waals surface area contributed by atoms with Crippen LogP contribution in [0.25, 0.3) is 11.2 Å². The molecule has 160 valence electrons. The second kappa shape index (κ2) is 7.49. The maximum Gasteiger partial charge on any atom is 0.229 e. The largest absolute Gasteiger partial charge is 0.385 e. The SMILES string of the molecule is CC(C)(O)c1ccc2nc(NC(=O)C[C@](C)(O)c3ccccc3)n(C(C)(C)C)c2n1. The predicted octanol–water partition coefficient (Wildman–Crippen LogP) is 3.65. The molecule has 7 nitrogen and oxygen atoms in total. The van der Waals surface area contributed by atoms with Gasteiger partial charge in [0, 0.05) is 5.54 Å². The van der Waals surface area contributed by atoms with Gasteiger partial charge in [0.05, 0.1) is 17.7 Å². The summed E-state index contributed by atoms with van der Waals surface area (Å²) in [6.07, 6.45) is -0.118. The summed E-state index contributed by atoms with van der Waals surface area (Å²) >= 11 is 0. The molecule has 30 heavy (non-hydrogen) atoms. The van der Waals surface area contributed by atoms with Crippen LogP contribution in [0.2, 0.25) is 0 Å². The minimum Gasteiger partial charge on any atom is -0.385 e. The molecule has 7 heteroatoms. The highest BCUT2D eigenvalue weighted by Gasteiger charge is 2.29. The van der Waals surface area contributed by atoms with Crippen molar-refractivity contribution in [2.45, 2.75) is 64.7 Å². The topological polar surface area (TPSA) is 100 Å². The van der Waals surface area contributed by atoms with Crippen LogP contribution in [0, 0.1) is 0 Å². The van der Waals surface area contributed by atoms with Gasteiger partial charge in [-0.1, -0.05) is 30.3 Å². The number of carbonyl (C=O) groups is 1. The Balaban J connectivity index is 1.96. The van der Waals surface area contributed by atoms with E-state index >= 15 is 0 Å². The highest BCUT2D eigenvalue weighted by atomic mass is 16.3. The summed E-state index contributed by atoms with van der Waals surface area (Å²) in [7, 11) is 0. The second-order valence-electron chi connectivity index (χ2n) is 9.40. The molecule has 1 atom stereocenters. The normalized spacial score (nSPS) is 14.5. The molecule has 2 aromatic heterocycles. The van der Waals surface area contributed by atoms with Crippen molar-refractivity contribution in [3.05, 3.63) is 53.7 Å². The Kier molecular flexibility index (Phi) is 5.47. The number of carbonyl (C=O) groups excluding carboxylic acids is 1. The molecule has 0 fully saturated rings. The fraction of sp³-hybridized carbons (Fsp3) is 0.435. The van der Waals surface area contributed by atoms with Gasteiger partial charge in [0.2, 0.25) is 11.9 Å². The monoisotopic (exact) mass is 410 g/mol. The molecule has 2 heterocycles. The summed E-state index contributed by atoms with van der Waals surface area (Å²) in [6.45, 7) is 10.9. The van der Waals surface area contributed by atoms with Gasteiger partial charge in [0.1, 0.15) is 11.1 Å². The molecule has 3 N–H and O–H groups in total. The van der Waals surface area contributed by atoms with Crippen LogP contribution < -0.4 is 5.32 Å². The molecule has 0 saturated heterocycles. The number of nitrogens with zero attached hydrogens (tertiary/aromatic N) is 3. The highest BCUT2D eigenvalue weighted by molar-refractivity contribution is 5.91. The highest BCUT2D eigenvalue weighted by Crippen LogP contribution is 2.30. The Morgan fingerprint density at radius 1 is 0.967 bits per heavy atom. The van der Waals surface area contributed by atoms with E-state index in [1.165, 1.54) is 0 Å². The number of nitrogens with one attached hydrogen (secondary N) is 1. The zero-order chi connectivity index (χ0) is 22.3. The molecule has 0 aliphatic heterocycles. The van der Waals surface area contributed by atoms with Crippen LogP contribution in [0.3, 0.4) is 0 Å². The Morgan fingerprint density at radius 3 is 2.17 bits per heavy atom. The zero-order valence-corrected chi connectivity index (χ0v) is 18.4. The Bertz CT molecular complexity index is 1060. The third kappa shape index (κ3) is 4.52. The Labute approximate surface area is 176 Å². The zero-order valence-electron chi connectivity index (χ0n) is 18.4. The fourth-order valence-corrected chi connectivity index (χ4v) is 3.40. The minimum absolute atomic E-state index is 0.118. The van der Waals surface area contributed by atoms with Crippen molar-refractivity contribution in [3.8, 4) is 0 Å². The lowest BCUT2D eigenvalue weighted by molar-refractivity contribution is -0.120. The van der Waals surface area contributed by atoms with Crippen molar-refractivity contribution in [3.63, 3.8) is 0 Å². The summed E-state index contributed by atoms with van der Waals surface area (Å²) in [5.41, 5.74) is -0.457. The van der Waals surface area contributed by atoms with Crippen molar-refractivity contribution in [1.29, 1.82) is 0 Å². The summed E-state index contributed by atoms with van der Waals surface area (Å²) in [5.74, 6) is -0.000807. The van der Waals surface area contributed by atoms with Gasteiger partial charge in [-0.25, -0.2) is 9.97 Å². The first-order chi connectivity index (χ1) is 13.8. The van der Waals surface area contributed by atoms with Crippen LogP contribution in [0.4, 0.5) is 5.95 Å². The van der Waals surface area contributed by atoms with E-state index in [2.05, 4.69) is 15.3 Å². The molecule has 0 aliphatic rings. The number of aliphatic hydroxyl groups is 2. The Morgan fingerprint density at radius 2 is 1.60 bits per heavy atom. The number of aromatic nitrogens is 3. The second-order valence-corrected chi connectivity index (χ2v) is 9.40. The summed E-state index contributed by atoms with van der Waals surface area (Å²) in [5, 5.41) is 24.0. The van der Waals surface area contributed by atoms with Crippen LogP contribution in [0.15, 0.2) is 42.5 Å². The molecule has 0 unspecified atom stereocenters. The smallest absolute Gasteiger partial charge is 0.229 e. The molecule has 0 radical (unpaired) electrons. The van der Waals surface area contributed by atoms with Gasteiger partial charge in [0.15, 0.2) is 5.65 Å². The molecule has 0 aliphatic carbocycles. The van der Waals surface area contributed by atoms with Gasteiger partial charge in [-0.2, -0.15) is 0 Å². The molecule has 0 saturated carbocycles. The van der Waals surface area contributed by atoms with Crippen LogP contribution >= 0.6 is 0 Å². The van der Waals surface area contributed by atoms with Crippen molar-refractivity contribution < 1.29 is 15.0 Å². The van der Waals surface area contributed by atoms with E-state index in [4.69, 9.17) is 0 Å². The number of hydrogen-bond acceptors (Lipinski definition) is 5. The van der Waals surface area contributed by atoms with Gasteiger partial charge in [-0.15, -0.1) is 0 Å². The number of fused-ring (bicyclic) bond motifs is 1. The third-order valence-corrected chi connectivity index (χ3v) is 4.95. The number of anilines is 1. The predicted molar refractivity (Wildman–Crippen MR) is 117 cm³/mol. The van der Waals surface area contributed by atoms with Crippen LogP contribution in [0.1, 0.15) is 59.2 Å². The van der Waals surface area contributed by atoms with Crippen LogP contribution in [-0.4, -0.2) is 30.7 Å². The molecular weight excluding hydrogens is 380 g/mol. The standard InChI is InChI=1S/C23H30N4O3/c1-21(2,3)27-19-16(12-13-17(25-19)22(4,5)29)24-20(27)26-18(28)14-23(6,30)15-10-8-7-9-11-15/h7-13,29-30H,14H2,1-6H3,(H,24,26,28)/t23-/m0/s1. The van der Waals surface area contributed by atoms with Gasteiger partial charge in [-0.05, 0) is 59.2 Å². The van der Waals surface area contributed by atoms with Crippen LogP contribution in [-0.2, 0) is 21.5 Å². The van der Waals surface area contributed by atoms with E-state index in [0.717, 1.165) is 0 Å². The number of amides is 1. The number of rotatable bonds is 5. The van der Waals surface area contributed by atoms with Crippen molar-refractivity contribution in [1.82, 2.24) is 14.5 Å². The number of imidazole rings is 1. The average Bonchev–Trinajstić information content (AvgIpc) is 2.98. The van der Waals surface area contributed by atoms with Gasteiger partial charge in [-0.3, -0.25) is 14.7 Å². The lowest BCUT2D eigenvalue weighted by Gasteiger charge is -2.26. The number of benzene rings is 1. The van der Waals surface area contributed by atoms with Gasteiger partial charge in [0.25, 0.3) is 0 Å². The van der Waals surface area contributed by atoms with E-state index in [9.17, 15) is 15.0 Å². The third-order valence-electron chi connectivity index (χ3n) is 4.95. The van der Waals surface area contributed by atoms with E-state index in [1.807, 2.05) is 43.5 Å². The molecule has 0 spiro atoms. The maximum atomic E-state index is 12.8. The summed E-state index contributed by atoms with van der Waals surface area (Å²) in [6, 6.07) is 12.6. The minimum atomic E-state index is -1.31. The van der Waals surface area contributed by atoms with Crippen molar-refractivity contribution >= 4 is 23.0 Å². The quantitative estimate of drug-likeness (QED) is 0.596. The van der Waals surface area contributed by atoms with E-state index in [0.29, 0.717) is 28.4 Å². The lowest BCUT2D eigenvalue weighted by Crippen LogP contribution is -2.31. The molecule has 3 aromatic rings. The summed E-state index contributed by atoms with van der Waals surface area (Å²) in [4.78, 5) is 22.0. The fourth-order valence-electron chi connectivity index (χ4n) is 3.40. The Hall–Kier alpha value is -2.77. The molecule has 3 rings (SSSR count). The summed E-state index contributed by atoms with van der Waals surface area (Å²) < 4.78 is 1.84. The lowest BCUT2D eigenvalue weighted by atomic mass is 9.92. The van der Waals surface area contributed by atoms with Crippen LogP contribution in [0.5, 0.6) is 0 Å².